The summed E-state index contributed by atoms with van der Waals surface area (Å²) in [5.74, 6) is -0.428. The molecule has 29 heavy (non-hydrogen) atoms. The second kappa shape index (κ2) is 10.2. The van der Waals surface area contributed by atoms with E-state index in [9.17, 15) is 13.2 Å². The summed E-state index contributed by atoms with van der Waals surface area (Å²) in [7, 11) is -1.86. The van der Waals surface area contributed by atoms with E-state index in [1.807, 2.05) is 55.0 Å². The van der Waals surface area contributed by atoms with Crippen LogP contribution in [0.25, 0.3) is 0 Å². The van der Waals surface area contributed by atoms with Gasteiger partial charge in [0.05, 0.1) is 25.6 Å². The van der Waals surface area contributed by atoms with Gasteiger partial charge in [-0.3, -0.25) is 9.52 Å². The Labute approximate surface area is 173 Å². The van der Waals surface area contributed by atoms with Gasteiger partial charge < -0.3 is 14.2 Å². The normalized spacial score (nSPS) is 21.8. The van der Waals surface area contributed by atoms with E-state index < -0.39 is 21.7 Å². The summed E-state index contributed by atoms with van der Waals surface area (Å²) >= 11 is 0. The second-order valence-corrected chi connectivity index (χ2v) is 9.44. The van der Waals surface area contributed by atoms with Crippen molar-refractivity contribution in [2.24, 2.45) is 5.92 Å². The first kappa shape index (κ1) is 23.4. The minimum absolute atomic E-state index is 0.0878. The molecular formula is C21H31NO6S. The number of allylic oxidation sites excluding steroid dienone is 2. The van der Waals surface area contributed by atoms with Crippen molar-refractivity contribution >= 4 is 15.9 Å². The van der Waals surface area contributed by atoms with Crippen LogP contribution in [0.1, 0.15) is 51.7 Å². The number of methoxy groups -OCH3 is 1. The van der Waals surface area contributed by atoms with Crippen molar-refractivity contribution in [2.45, 2.75) is 51.9 Å². The fourth-order valence-electron chi connectivity index (χ4n) is 3.14. The Bertz CT molecular complexity index is 818. The lowest BCUT2D eigenvalue weighted by molar-refractivity contribution is -0.295. The van der Waals surface area contributed by atoms with Gasteiger partial charge in [0.2, 0.25) is 15.9 Å². The average molecular weight is 426 g/mol. The zero-order valence-electron chi connectivity index (χ0n) is 17.5. The molecule has 0 unspecified atom stereocenters. The first-order valence-corrected chi connectivity index (χ1v) is 11.5. The first-order valence-electron chi connectivity index (χ1n) is 9.80. The van der Waals surface area contributed by atoms with Gasteiger partial charge in [-0.2, -0.15) is 0 Å². The minimum atomic E-state index is -3.50. The van der Waals surface area contributed by atoms with Crippen LogP contribution in [0, 0.1) is 5.92 Å². The summed E-state index contributed by atoms with van der Waals surface area (Å²) in [6.45, 7) is 5.81. The number of ether oxygens (including phenoxy) is 3. The molecule has 2 atom stereocenters. The van der Waals surface area contributed by atoms with E-state index in [4.69, 9.17) is 14.2 Å². The molecule has 1 heterocycles. The van der Waals surface area contributed by atoms with Gasteiger partial charge in [-0.1, -0.05) is 30.4 Å². The topological polar surface area (TPSA) is 90.9 Å². The largest absolute Gasteiger partial charge is 0.496 e. The van der Waals surface area contributed by atoms with Crippen molar-refractivity contribution in [1.29, 1.82) is 0 Å². The number of carbonyl (C=O) groups is 1. The lowest BCUT2D eigenvalue weighted by atomic mass is 9.91. The molecule has 0 spiro atoms. The van der Waals surface area contributed by atoms with Crippen molar-refractivity contribution < 1.29 is 27.4 Å². The van der Waals surface area contributed by atoms with Crippen molar-refractivity contribution in [3.8, 4) is 5.75 Å². The van der Waals surface area contributed by atoms with Crippen molar-refractivity contribution in [1.82, 2.24) is 4.72 Å². The molecule has 1 aromatic carbocycles. The number of rotatable bonds is 9. The quantitative estimate of drug-likeness (QED) is 0.610. The zero-order chi connectivity index (χ0) is 21.5. The highest BCUT2D eigenvalue weighted by Gasteiger charge is 2.38. The van der Waals surface area contributed by atoms with E-state index in [2.05, 4.69) is 0 Å². The lowest BCUT2D eigenvalue weighted by Gasteiger charge is -2.41. The van der Waals surface area contributed by atoms with Gasteiger partial charge in [0, 0.05) is 17.9 Å². The molecule has 0 bridgehead atoms. The third-order valence-corrected chi connectivity index (χ3v) is 6.02. The first-order chi connectivity index (χ1) is 13.7. The van der Waals surface area contributed by atoms with E-state index in [0.717, 1.165) is 11.3 Å². The van der Waals surface area contributed by atoms with E-state index >= 15 is 0 Å². The number of carbonyl (C=O) groups excluding carboxylic acids is 1. The van der Waals surface area contributed by atoms with Gasteiger partial charge in [0.25, 0.3) is 0 Å². The standard InChI is InChI=1S/C21H31NO6S/c1-5-29(24,25)22-19(23)14-8-6-7-11-16-15-27-21(2,3)28-20(16)17-12-9-10-13-18(17)26-4/h6-7,9-10,12-13,16,20H,5,8,11,14-15H2,1-4H3,(H,22,23)/t16-,20+/m1/s1. The van der Waals surface area contributed by atoms with Crippen LogP contribution < -0.4 is 9.46 Å². The second-order valence-electron chi connectivity index (χ2n) is 7.43. The summed E-state index contributed by atoms with van der Waals surface area (Å²) in [6, 6.07) is 7.79. The zero-order valence-corrected chi connectivity index (χ0v) is 18.3. The lowest BCUT2D eigenvalue weighted by Crippen LogP contribution is -2.41. The number of sulfonamides is 1. The molecule has 8 heteroatoms. The van der Waals surface area contributed by atoms with Crippen LogP contribution in [0.4, 0.5) is 0 Å². The highest BCUT2D eigenvalue weighted by atomic mass is 32.2. The predicted molar refractivity (Wildman–Crippen MR) is 111 cm³/mol. The number of amides is 1. The highest BCUT2D eigenvalue weighted by Crippen LogP contribution is 2.41. The van der Waals surface area contributed by atoms with Crippen LogP contribution in [-0.4, -0.2) is 39.6 Å². The number of hydrogen-bond acceptors (Lipinski definition) is 6. The molecule has 0 saturated carbocycles. The third-order valence-electron chi connectivity index (χ3n) is 4.72. The minimum Gasteiger partial charge on any atom is -0.496 e. The fourth-order valence-corrected chi connectivity index (χ4v) is 3.73. The van der Waals surface area contributed by atoms with Gasteiger partial charge in [-0.15, -0.1) is 0 Å². The average Bonchev–Trinajstić information content (AvgIpc) is 2.68. The molecule has 1 N–H and O–H groups in total. The molecule has 1 saturated heterocycles. The maximum absolute atomic E-state index is 11.7. The molecular weight excluding hydrogens is 394 g/mol. The monoisotopic (exact) mass is 425 g/mol. The van der Waals surface area contributed by atoms with E-state index in [1.165, 1.54) is 6.92 Å². The fraction of sp³-hybridized carbons (Fsp3) is 0.571. The Balaban J connectivity index is 1.97. The summed E-state index contributed by atoms with van der Waals surface area (Å²) < 4.78 is 42.4. The van der Waals surface area contributed by atoms with Crippen LogP contribution in [0.3, 0.4) is 0 Å². The molecule has 1 aromatic rings. The summed E-state index contributed by atoms with van der Waals surface area (Å²) in [5.41, 5.74) is 0.980. The van der Waals surface area contributed by atoms with E-state index in [0.29, 0.717) is 19.4 Å². The number of nitrogens with one attached hydrogen (secondary N) is 1. The molecule has 0 aliphatic carbocycles. The van der Waals surface area contributed by atoms with Crippen molar-refractivity contribution in [3.05, 3.63) is 42.0 Å². The maximum Gasteiger partial charge on any atom is 0.234 e. The van der Waals surface area contributed by atoms with Gasteiger partial charge in [-0.25, -0.2) is 8.42 Å². The summed E-state index contributed by atoms with van der Waals surface area (Å²) in [4.78, 5) is 11.7. The number of benzene rings is 1. The Morgan fingerprint density at radius 1 is 1.31 bits per heavy atom. The van der Waals surface area contributed by atoms with Crippen LogP contribution in [0.2, 0.25) is 0 Å². The van der Waals surface area contributed by atoms with Crippen LogP contribution in [0.15, 0.2) is 36.4 Å². The van der Waals surface area contributed by atoms with E-state index in [-0.39, 0.29) is 24.2 Å². The molecule has 7 nitrogen and oxygen atoms in total. The van der Waals surface area contributed by atoms with E-state index in [1.54, 1.807) is 7.11 Å². The molecule has 1 amide bonds. The molecule has 0 aromatic heterocycles. The molecule has 162 valence electrons. The molecule has 1 aliphatic rings. The van der Waals surface area contributed by atoms with Crippen LogP contribution in [-0.2, 0) is 24.3 Å². The Morgan fingerprint density at radius 3 is 2.72 bits per heavy atom. The van der Waals surface area contributed by atoms with Gasteiger partial charge >= 0.3 is 0 Å². The number of hydrogen-bond donors (Lipinski definition) is 1. The van der Waals surface area contributed by atoms with Crippen LogP contribution >= 0.6 is 0 Å². The van der Waals surface area contributed by atoms with Crippen molar-refractivity contribution in [2.75, 3.05) is 19.5 Å². The Morgan fingerprint density at radius 2 is 2.03 bits per heavy atom. The van der Waals surface area contributed by atoms with Crippen molar-refractivity contribution in [3.63, 3.8) is 0 Å². The Kier molecular flexibility index (Phi) is 8.24. The van der Waals surface area contributed by atoms with Gasteiger partial charge in [-0.05, 0) is 39.7 Å². The molecule has 1 fully saturated rings. The summed E-state index contributed by atoms with van der Waals surface area (Å²) in [5, 5.41) is 0. The summed E-state index contributed by atoms with van der Waals surface area (Å²) in [6.07, 6.45) is 4.98. The number of para-hydroxylation sites is 1. The predicted octanol–water partition coefficient (Wildman–Crippen LogP) is 3.33. The van der Waals surface area contributed by atoms with Gasteiger partial charge in [0.15, 0.2) is 5.79 Å². The molecule has 2 rings (SSSR count). The molecule has 1 aliphatic heterocycles. The Hall–Kier alpha value is -1.90. The smallest absolute Gasteiger partial charge is 0.234 e. The SMILES string of the molecule is CCS(=O)(=O)NC(=O)CCC=CC[C@@H]1COC(C)(C)O[C@@H]1c1ccccc1OC. The highest BCUT2D eigenvalue weighted by molar-refractivity contribution is 7.90. The van der Waals surface area contributed by atoms with Crippen LogP contribution in [0.5, 0.6) is 5.75 Å². The maximum atomic E-state index is 11.7. The molecule has 0 radical (unpaired) electrons. The van der Waals surface area contributed by atoms with Gasteiger partial charge in [0.1, 0.15) is 5.75 Å². The third kappa shape index (κ3) is 7.13.